The Morgan fingerprint density at radius 1 is 1.17 bits per heavy atom. The molecule has 152 valence electrons. The van der Waals surface area contributed by atoms with Gasteiger partial charge in [0.05, 0.1) is 11.1 Å². The molecule has 0 aliphatic rings. The molecule has 29 heavy (non-hydrogen) atoms. The van der Waals surface area contributed by atoms with E-state index in [0.717, 1.165) is 23.5 Å². The van der Waals surface area contributed by atoms with Crippen molar-refractivity contribution in [1.29, 1.82) is 0 Å². The van der Waals surface area contributed by atoms with Crippen molar-refractivity contribution in [3.05, 3.63) is 70.4 Å². The zero-order chi connectivity index (χ0) is 21.0. The number of alkyl halides is 5. The summed E-state index contributed by atoms with van der Waals surface area (Å²) in [5.41, 5.74) is -0.315. The molecular formula is C18H12F5N3OS2. The first-order valence-corrected chi connectivity index (χ1v) is 9.74. The van der Waals surface area contributed by atoms with Crippen molar-refractivity contribution in [3.8, 4) is 0 Å². The summed E-state index contributed by atoms with van der Waals surface area (Å²) in [6, 6.07) is 7.75. The molecule has 0 atom stereocenters. The smallest absolute Gasteiger partial charge is 0.298 e. The number of hydrogen-bond acceptors (Lipinski definition) is 5. The molecule has 1 N–H and O–H groups in total. The Balaban J connectivity index is 1.71. The van der Waals surface area contributed by atoms with Crippen LogP contribution in [0.15, 0.2) is 53.8 Å². The molecular weight excluding hydrogens is 433 g/mol. The quantitative estimate of drug-likeness (QED) is 0.390. The van der Waals surface area contributed by atoms with Crippen molar-refractivity contribution in [1.82, 2.24) is 9.97 Å². The van der Waals surface area contributed by atoms with Crippen LogP contribution in [0.2, 0.25) is 0 Å². The predicted octanol–water partition coefficient (Wildman–Crippen LogP) is 5.71. The molecule has 0 saturated carbocycles. The van der Waals surface area contributed by atoms with Crippen LogP contribution in [0.3, 0.4) is 0 Å². The summed E-state index contributed by atoms with van der Waals surface area (Å²) < 4.78 is 63.7. The van der Waals surface area contributed by atoms with Crippen molar-refractivity contribution >= 4 is 34.1 Å². The first kappa shape index (κ1) is 21.2. The van der Waals surface area contributed by atoms with Crippen LogP contribution in [0.1, 0.15) is 26.4 Å². The van der Waals surface area contributed by atoms with E-state index >= 15 is 0 Å². The molecule has 0 bridgehead atoms. The molecule has 1 amide bonds. The number of aromatic nitrogens is 2. The molecule has 0 saturated heterocycles. The van der Waals surface area contributed by atoms with Gasteiger partial charge in [-0.05, 0) is 35.5 Å². The molecule has 0 aliphatic carbocycles. The maximum atomic E-state index is 12.8. The van der Waals surface area contributed by atoms with Crippen LogP contribution in [0.25, 0.3) is 0 Å². The fraction of sp³-hybridized carbons (Fsp3) is 0.167. The highest BCUT2D eigenvalue weighted by atomic mass is 32.2. The number of thioether (sulfide) groups is 1. The summed E-state index contributed by atoms with van der Waals surface area (Å²) >= 11 is 1.24. The number of hydrogen-bond donors (Lipinski definition) is 1. The van der Waals surface area contributed by atoms with Gasteiger partial charge in [0.1, 0.15) is 5.03 Å². The topological polar surface area (TPSA) is 54.9 Å². The fourth-order valence-electron chi connectivity index (χ4n) is 2.41. The number of benzene rings is 1. The Hall–Kier alpha value is -2.53. The molecule has 0 aliphatic heterocycles. The van der Waals surface area contributed by atoms with Crippen LogP contribution >= 0.6 is 23.1 Å². The van der Waals surface area contributed by atoms with E-state index in [1.165, 1.54) is 30.6 Å². The zero-order valence-corrected chi connectivity index (χ0v) is 16.0. The number of nitrogens with zero attached hydrogens (tertiary/aromatic N) is 2. The Labute approximate surface area is 170 Å². The maximum Gasteiger partial charge on any atom is 0.416 e. The zero-order valence-electron chi connectivity index (χ0n) is 14.4. The van der Waals surface area contributed by atoms with Crippen LogP contribution in [0, 0.1) is 0 Å². The fourth-order valence-corrected chi connectivity index (χ4v) is 3.83. The lowest BCUT2D eigenvalue weighted by Crippen LogP contribution is -2.13. The van der Waals surface area contributed by atoms with Crippen molar-refractivity contribution in [3.63, 3.8) is 0 Å². The van der Waals surface area contributed by atoms with Crippen LogP contribution < -0.4 is 5.32 Å². The van der Waals surface area contributed by atoms with E-state index in [1.54, 1.807) is 6.07 Å². The third kappa shape index (κ3) is 5.73. The molecule has 4 nitrogen and oxygen atoms in total. The highest BCUT2D eigenvalue weighted by molar-refractivity contribution is 7.99. The lowest BCUT2D eigenvalue weighted by molar-refractivity contribution is -0.137. The third-order valence-electron chi connectivity index (χ3n) is 3.62. The molecule has 11 heteroatoms. The second kappa shape index (κ2) is 8.87. The van der Waals surface area contributed by atoms with Gasteiger partial charge < -0.3 is 0 Å². The van der Waals surface area contributed by atoms with E-state index in [9.17, 15) is 26.7 Å². The second-order valence-electron chi connectivity index (χ2n) is 5.70. The lowest BCUT2D eigenvalue weighted by Gasteiger charge is -2.08. The molecule has 1 aromatic carbocycles. The van der Waals surface area contributed by atoms with Crippen LogP contribution in [0.5, 0.6) is 0 Å². The molecule has 0 spiro atoms. The summed E-state index contributed by atoms with van der Waals surface area (Å²) in [6.45, 7) is 0. The first-order valence-electron chi connectivity index (χ1n) is 8.04. The minimum atomic E-state index is -4.43. The van der Waals surface area contributed by atoms with Gasteiger partial charge in [-0.1, -0.05) is 18.2 Å². The number of thiazole rings is 1. The number of halogens is 5. The van der Waals surface area contributed by atoms with Gasteiger partial charge in [0.25, 0.3) is 11.7 Å². The van der Waals surface area contributed by atoms with Gasteiger partial charge in [-0.2, -0.15) is 22.0 Å². The predicted molar refractivity (Wildman–Crippen MR) is 100 cm³/mol. The third-order valence-corrected chi connectivity index (χ3v) is 5.26. The summed E-state index contributed by atoms with van der Waals surface area (Å²) in [4.78, 5) is 20.8. The normalized spacial score (nSPS) is 11.7. The average Bonchev–Trinajstić information content (AvgIpc) is 3.08. The van der Waals surface area contributed by atoms with E-state index in [-0.39, 0.29) is 33.9 Å². The number of rotatable bonds is 6. The second-order valence-corrected chi connectivity index (χ2v) is 7.79. The highest BCUT2D eigenvalue weighted by Crippen LogP contribution is 2.31. The molecule has 3 rings (SSSR count). The van der Waals surface area contributed by atoms with Crippen molar-refractivity contribution in [2.75, 3.05) is 5.32 Å². The van der Waals surface area contributed by atoms with Gasteiger partial charge in [0.15, 0.2) is 5.13 Å². The largest absolute Gasteiger partial charge is 0.416 e. The Morgan fingerprint density at radius 3 is 2.69 bits per heavy atom. The number of amides is 1. The number of carbonyl (C=O) groups is 1. The van der Waals surface area contributed by atoms with E-state index < -0.39 is 23.4 Å². The van der Waals surface area contributed by atoms with E-state index in [4.69, 9.17) is 0 Å². The van der Waals surface area contributed by atoms with Gasteiger partial charge in [0.2, 0.25) is 0 Å². The molecule has 0 radical (unpaired) electrons. The lowest BCUT2D eigenvalue weighted by atomic mass is 10.1. The Morgan fingerprint density at radius 2 is 1.97 bits per heavy atom. The molecule has 0 unspecified atom stereocenters. The summed E-state index contributed by atoms with van der Waals surface area (Å²) in [7, 11) is 0. The van der Waals surface area contributed by atoms with Crippen LogP contribution in [-0.2, 0) is 12.6 Å². The number of pyridine rings is 1. The van der Waals surface area contributed by atoms with Crippen molar-refractivity contribution in [2.24, 2.45) is 0 Å². The minimum Gasteiger partial charge on any atom is -0.298 e. The van der Waals surface area contributed by atoms with Gasteiger partial charge in [-0.3, -0.25) is 10.1 Å². The number of anilines is 1. The van der Waals surface area contributed by atoms with E-state index in [1.807, 2.05) is 0 Å². The standard InChI is InChI=1S/C18H12F5N3OS2/c19-16(20)29-15-13(5-2-6-24-15)14(27)26-17-25-9-12(28-17)8-10-3-1-4-11(7-10)18(21,22)23/h1-7,9,16H,8H2,(H,25,26,27). The summed E-state index contributed by atoms with van der Waals surface area (Å²) in [5, 5.41) is 2.60. The van der Waals surface area contributed by atoms with Gasteiger partial charge in [-0.15, -0.1) is 11.3 Å². The van der Waals surface area contributed by atoms with Gasteiger partial charge in [0, 0.05) is 23.7 Å². The average molecular weight is 445 g/mol. The molecule has 2 aromatic heterocycles. The van der Waals surface area contributed by atoms with Crippen LogP contribution in [0.4, 0.5) is 27.1 Å². The number of carbonyl (C=O) groups excluding carboxylic acids is 1. The SMILES string of the molecule is O=C(Nc1ncc(Cc2cccc(C(F)(F)F)c2)s1)c1cccnc1SC(F)F. The van der Waals surface area contributed by atoms with Gasteiger partial charge in [-0.25, -0.2) is 9.97 Å². The van der Waals surface area contributed by atoms with Gasteiger partial charge >= 0.3 is 6.18 Å². The molecule has 3 aromatic rings. The monoisotopic (exact) mass is 445 g/mol. The van der Waals surface area contributed by atoms with Crippen molar-refractivity contribution in [2.45, 2.75) is 23.4 Å². The molecule has 2 heterocycles. The molecule has 0 fully saturated rings. The van der Waals surface area contributed by atoms with E-state index in [0.29, 0.717) is 10.4 Å². The van der Waals surface area contributed by atoms with Crippen molar-refractivity contribution < 1.29 is 26.7 Å². The van der Waals surface area contributed by atoms with Crippen LogP contribution in [-0.4, -0.2) is 21.6 Å². The first-order chi connectivity index (χ1) is 13.7. The summed E-state index contributed by atoms with van der Waals surface area (Å²) in [6.07, 6.45) is -1.48. The van der Waals surface area contributed by atoms with E-state index in [2.05, 4.69) is 15.3 Å². The Kier molecular flexibility index (Phi) is 6.48. The number of nitrogens with one attached hydrogen (secondary N) is 1. The maximum absolute atomic E-state index is 12.8. The summed E-state index contributed by atoms with van der Waals surface area (Å²) in [5.74, 6) is -3.38. The Bertz CT molecular complexity index is 1010. The minimum absolute atomic E-state index is 0.0209. The highest BCUT2D eigenvalue weighted by Gasteiger charge is 2.30.